The first kappa shape index (κ1) is 11.8. The van der Waals surface area contributed by atoms with Gasteiger partial charge in [-0.2, -0.15) is 0 Å². The van der Waals surface area contributed by atoms with Gasteiger partial charge in [-0.1, -0.05) is 0 Å². The number of hydrogen-bond donors (Lipinski definition) is 0. The first-order valence-corrected chi connectivity index (χ1v) is 4.46. The van der Waals surface area contributed by atoms with Crippen molar-refractivity contribution in [2.24, 2.45) is 0 Å². The Hall–Kier alpha value is -1.72. The second-order valence-electron chi connectivity index (χ2n) is 3.50. The molecule has 0 radical (unpaired) electrons. The number of rotatable bonds is 0. The van der Waals surface area contributed by atoms with Gasteiger partial charge in [0.15, 0.2) is 34.9 Å². The van der Waals surface area contributed by atoms with E-state index in [1.807, 2.05) is 0 Å². The fourth-order valence-electron chi connectivity index (χ4n) is 1.56. The molecule has 0 fully saturated rings. The van der Waals surface area contributed by atoms with Gasteiger partial charge in [0, 0.05) is 5.39 Å². The topological polar surface area (TPSA) is 0 Å². The van der Waals surface area contributed by atoms with E-state index in [-0.39, 0.29) is 5.56 Å². The van der Waals surface area contributed by atoms with E-state index in [1.165, 1.54) is 0 Å². The Kier molecular flexibility index (Phi) is 2.52. The van der Waals surface area contributed by atoms with Crippen LogP contribution in [-0.2, 0) is 0 Å². The Bertz CT molecular complexity index is 624. The molecule has 0 aliphatic carbocycles. The molecule has 6 heteroatoms. The molecule has 0 heterocycles. The van der Waals surface area contributed by atoms with Crippen LogP contribution in [0.5, 0.6) is 0 Å². The molecule has 0 saturated heterocycles. The molecule has 0 aliphatic rings. The number of benzene rings is 2. The molecule has 0 unspecified atom stereocenters. The molecule has 90 valence electrons. The predicted molar refractivity (Wildman–Crippen MR) is 48.4 cm³/mol. The SMILES string of the molecule is Cc1cc2c(F)c(F)c(F)c(F)c2c(F)c1F. The highest BCUT2D eigenvalue weighted by Gasteiger charge is 2.25. The summed E-state index contributed by atoms with van der Waals surface area (Å²) < 4.78 is 78.7. The third kappa shape index (κ3) is 1.47. The van der Waals surface area contributed by atoms with Crippen molar-refractivity contribution in [1.29, 1.82) is 0 Å². The highest BCUT2D eigenvalue weighted by molar-refractivity contribution is 5.85. The van der Waals surface area contributed by atoms with Gasteiger partial charge in [0.05, 0.1) is 5.39 Å². The lowest BCUT2D eigenvalue weighted by Crippen LogP contribution is -2.02. The minimum atomic E-state index is -2.17. The van der Waals surface area contributed by atoms with Crippen molar-refractivity contribution in [3.8, 4) is 0 Å². The van der Waals surface area contributed by atoms with E-state index in [4.69, 9.17) is 0 Å². The minimum Gasteiger partial charge on any atom is -0.203 e. The zero-order valence-electron chi connectivity index (χ0n) is 8.35. The standard InChI is InChI=1S/C11H4F6/c1-3-2-4-5(8(14)6(3)12)9(15)11(17)10(16)7(4)13/h2H,1H3. The Balaban J connectivity index is 3.12. The lowest BCUT2D eigenvalue weighted by Gasteiger charge is -2.08. The summed E-state index contributed by atoms with van der Waals surface area (Å²) in [6.07, 6.45) is 0. The van der Waals surface area contributed by atoms with E-state index in [0.717, 1.165) is 6.92 Å². The van der Waals surface area contributed by atoms with Crippen LogP contribution in [0.3, 0.4) is 0 Å². The molecule has 2 aromatic carbocycles. The molecule has 0 amide bonds. The molecule has 17 heavy (non-hydrogen) atoms. The Morgan fingerprint density at radius 2 is 1.12 bits per heavy atom. The summed E-state index contributed by atoms with van der Waals surface area (Å²) in [7, 11) is 0. The number of aryl methyl sites for hydroxylation is 1. The summed E-state index contributed by atoms with van der Waals surface area (Å²) in [5, 5.41) is -2.07. The summed E-state index contributed by atoms with van der Waals surface area (Å²) in [6.45, 7) is 1.09. The minimum absolute atomic E-state index is 0.334. The lowest BCUT2D eigenvalue weighted by atomic mass is 10.0. The van der Waals surface area contributed by atoms with Gasteiger partial charge < -0.3 is 0 Å². The van der Waals surface area contributed by atoms with E-state index in [9.17, 15) is 26.3 Å². The average molecular weight is 250 g/mol. The summed E-state index contributed by atoms with van der Waals surface area (Å²) in [5.74, 6) is -11.1. The molecule has 0 aliphatic heterocycles. The Labute approximate surface area is 91.5 Å². The van der Waals surface area contributed by atoms with Gasteiger partial charge in [0.25, 0.3) is 0 Å². The summed E-state index contributed by atoms with van der Waals surface area (Å²) in [5.41, 5.74) is -0.334. The molecule has 0 N–H and O–H groups in total. The van der Waals surface area contributed by atoms with Crippen LogP contribution in [0.2, 0.25) is 0 Å². The molecule has 0 nitrogen and oxygen atoms in total. The van der Waals surface area contributed by atoms with E-state index in [1.54, 1.807) is 0 Å². The van der Waals surface area contributed by atoms with Crippen LogP contribution in [-0.4, -0.2) is 0 Å². The number of halogens is 6. The smallest absolute Gasteiger partial charge is 0.198 e. The average Bonchev–Trinajstić information content (AvgIpc) is 2.30. The predicted octanol–water partition coefficient (Wildman–Crippen LogP) is 3.98. The maximum absolute atomic E-state index is 13.3. The van der Waals surface area contributed by atoms with Crippen molar-refractivity contribution in [1.82, 2.24) is 0 Å². The van der Waals surface area contributed by atoms with Gasteiger partial charge in [0.1, 0.15) is 0 Å². The number of fused-ring (bicyclic) bond motifs is 1. The first-order valence-electron chi connectivity index (χ1n) is 4.46. The van der Waals surface area contributed by atoms with Crippen molar-refractivity contribution >= 4 is 10.8 Å². The molecule has 0 saturated carbocycles. The zero-order valence-corrected chi connectivity index (χ0v) is 8.35. The molecular formula is C11H4F6. The van der Waals surface area contributed by atoms with Gasteiger partial charge in [-0.25, -0.2) is 26.3 Å². The normalized spacial score (nSPS) is 11.2. The third-order valence-corrected chi connectivity index (χ3v) is 2.42. The van der Waals surface area contributed by atoms with Gasteiger partial charge in [-0.3, -0.25) is 0 Å². The second-order valence-corrected chi connectivity index (χ2v) is 3.50. The van der Waals surface area contributed by atoms with Gasteiger partial charge >= 0.3 is 0 Å². The van der Waals surface area contributed by atoms with E-state index in [2.05, 4.69) is 0 Å². The van der Waals surface area contributed by atoms with E-state index in [0.29, 0.717) is 6.07 Å². The van der Waals surface area contributed by atoms with Crippen molar-refractivity contribution < 1.29 is 26.3 Å². The van der Waals surface area contributed by atoms with Crippen molar-refractivity contribution in [3.63, 3.8) is 0 Å². The maximum atomic E-state index is 13.3. The van der Waals surface area contributed by atoms with Crippen LogP contribution in [0.4, 0.5) is 26.3 Å². The zero-order chi connectivity index (χ0) is 12.9. The van der Waals surface area contributed by atoms with Gasteiger partial charge in [-0.05, 0) is 18.6 Å². The maximum Gasteiger partial charge on any atom is 0.198 e. The third-order valence-electron chi connectivity index (χ3n) is 2.42. The summed E-state index contributed by atoms with van der Waals surface area (Å²) in [4.78, 5) is 0. The molecular weight excluding hydrogens is 246 g/mol. The fraction of sp³-hybridized carbons (Fsp3) is 0.0909. The fourth-order valence-corrected chi connectivity index (χ4v) is 1.56. The Morgan fingerprint density at radius 1 is 0.647 bits per heavy atom. The lowest BCUT2D eigenvalue weighted by molar-refractivity contribution is 0.414. The number of hydrogen-bond acceptors (Lipinski definition) is 0. The quantitative estimate of drug-likeness (QED) is 0.377. The second kappa shape index (κ2) is 3.65. The first-order chi connectivity index (χ1) is 7.86. The molecule has 0 spiro atoms. The van der Waals surface area contributed by atoms with Gasteiger partial charge in [-0.15, -0.1) is 0 Å². The summed E-state index contributed by atoms with van der Waals surface area (Å²) >= 11 is 0. The van der Waals surface area contributed by atoms with Crippen LogP contribution < -0.4 is 0 Å². The highest BCUT2D eigenvalue weighted by atomic mass is 19.2. The summed E-state index contributed by atoms with van der Waals surface area (Å²) in [6, 6.07) is 0.717. The van der Waals surface area contributed by atoms with E-state index < -0.39 is 45.7 Å². The molecule has 0 aromatic heterocycles. The van der Waals surface area contributed by atoms with Crippen LogP contribution in [0.25, 0.3) is 10.8 Å². The van der Waals surface area contributed by atoms with Crippen molar-refractivity contribution in [3.05, 3.63) is 46.5 Å². The van der Waals surface area contributed by atoms with Gasteiger partial charge in [0.2, 0.25) is 0 Å². The molecule has 0 bridgehead atoms. The largest absolute Gasteiger partial charge is 0.203 e. The van der Waals surface area contributed by atoms with Crippen molar-refractivity contribution in [2.75, 3.05) is 0 Å². The van der Waals surface area contributed by atoms with Crippen LogP contribution in [0.15, 0.2) is 6.07 Å². The van der Waals surface area contributed by atoms with Crippen LogP contribution in [0.1, 0.15) is 5.56 Å². The molecule has 2 rings (SSSR count). The van der Waals surface area contributed by atoms with Crippen LogP contribution in [0, 0.1) is 41.8 Å². The molecule has 2 aromatic rings. The van der Waals surface area contributed by atoms with E-state index >= 15 is 0 Å². The van der Waals surface area contributed by atoms with Crippen LogP contribution >= 0.6 is 0 Å². The van der Waals surface area contributed by atoms with Crippen molar-refractivity contribution in [2.45, 2.75) is 6.92 Å². The highest BCUT2D eigenvalue weighted by Crippen LogP contribution is 2.31. The molecule has 0 atom stereocenters. The monoisotopic (exact) mass is 250 g/mol. The Morgan fingerprint density at radius 3 is 1.71 bits per heavy atom.